The largest absolute Gasteiger partial charge is 0.325 e. The average Bonchev–Trinajstić information content (AvgIpc) is 2.62. The van der Waals surface area contributed by atoms with Crippen LogP contribution < -0.4 is 10.6 Å². The van der Waals surface area contributed by atoms with Gasteiger partial charge < -0.3 is 10.6 Å². The van der Waals surface area contributed by atoms with E-state index in [1.165, 1.54) is 12.1 Å². The van der Waals surface area contributed by atoms with Crippen LogP contribution in [0.25, 0.3) is 0 Å². The quantitative estimate of drug-likeness (QED) is 0.825. The third-order valence-corrected chi connectivity index (χ3v) is 3.13. The van der Waals surface area contributed by atoms with Crippen molar-refractivity contribution in [2.45, 2.75) is 26.3 Å². The molecule has 0 aliphatic carbocycles. The van der Waals surface area contributed by atoms with Gasteiger partial charge in [-0.1, -0.05) is 6.92 Å². The smallest absolute Gasteiger partial charge is 0.241 e. The molecule has 1 heterocycles. The number of hydrogen-bond donors (Lipinski definition) is 2. The maximum Gasteiger partial charge on any atom is 0.241 e. The summed E-state index contributed by atoms with van der Waals surface area (Å²) >= 11 is 0. The molecule has 17 heavy (non-hydrogen) atoms. The first-order valence-corrected chi connectivity index (χ1v) is 5.87. The van der Waals surface area contributed by atoms with Crippen molar-refractivity contribution in [1.82, 2.24) is 5.32 Å². The van der Waals surface area contributed by atoms with Crippen LogP contribution in [0.1, 0.15) is 18.9 Å². The van der Waals surface area contributed by atoms with Crippen LogP contribution in [-0.4, -0.2) is 18.5 Å². The minimum Gasteiger partial charge on any atom is -0.325 e. The molecule has 0 radical (unpaired) electrons. The Balaban J connectivity index is 2.07. The average molecular weight is 236 g/mol. The van der Waals surface area contributed by atoms with Gasteiger partial charge in [-0.15, -0.1) is 0 Å². The SMILES string of the molecule is Cc1cc(F)cc(NC(=O)C2NCCC2C)c1. The van der Waals surface area contributed by atoms with E-state index in [1.807, 2.05) is 6.92 Å². The lowest BCUT2D eigenvalue weighted by molar-refractivity contribution is -0.118. The molecule has 1 aromatic carbocycles. The number of hydrogen-bond acceptors (Lipinski definition) is 2. The van der Waals surface area contributed by atoms with Crippen LogP contribution in [0.3, 0.4) is 0 Å². The number of amides is 1. The third kappa shape index (κ3) is 2.82. The van der Waals surface area contributed by atoms with E-state index < -0.39 is 0 Å². The van der Waals surface area contributed by atoms with Crippen molar-refractivity contribution in [3.05, 3.63) is 29.6 Å². The van der Waals surface area contributed by atoms with Gasteiger partial charge in [-0.2, -0.15) is 0 Å². The fourth-order valence-corrected chi connectivity index (χ4v) is 2.21. The molecule has 2 atom stereocenters. The summed E-state index contributed by atoms with van der Waals surface area (Å²) in [5, 5.41) is 5.90. The highest BCUT2D eigenvalue weighted by molar-refractivity contribution is 5.95. The molecule has 0 spiro atoms. The van der Waals surface area contributed by atoms with Crippen LogP contribution >= 0.6 is 0 Å². The monoisotopic (exact) mass is 236 g/mol. The van der Waals surface area contributed by atoms with Crippen molar-refractivity contribution in [1.29, 1.82) is 0 Å². The Bertz CT molecular complexity index is 413. The van der Waals surface area contributed by atoms with E-state index in [0.717, 1.165) is 18.5 Å². The van der Waals surface area contributed by atoms with E-state index in [4.69, 9.17) is 0 Å². The van der Waals surface area contributed by atoms with E-state index in [2.05, 4.69) is 10.6 Å². The zero-order valence-electron chi connectivity index (χ0n) is 10.1. The summed E-state index contributed by atoms with van der Waals surface area (Å²) in [6, 6.07) is 4.37. The predicted molar refractivity (Wildman–Crippen MR) is 65.3 cm³/mol. The number of halogens is 1. The van der Waals surface area contributed by atoms with Crippen LogP contribution in [0.5, 0.6) is 0 Å². The summed E-state index contributed by atoms with van der Waals surface area (Å²) in [5.74, 6) is -0.0858. The fourth-order valence-electron chi connectivity index (χ4n) is 2.21. The Morgan fingerprint density at radius 2 is 2.24 bits per heavy atom. The van der Waals surface area contributed by atoms with Crippen LogP contribution in [0.2, 0.25) is 0 Å². The molecule has 0 aromatic heterocycles. The van der Waals surface area contributed by atoms with Crippen molar-refractivity contribution in [3.63, 3.8) is 0 Å². The second-order valence-corrected chi connectivity index (χ2v) is 4.70. The lowest BCUT2D eigenvalue weighted by Crippen LogP contribution is -2.39. The van der Waals surface area contributed by atoms with Crippen molar-refractivity contribution in [3.8, 4) is 0 Å². The molecule has 2 unspecified atom stereocenters. The number of carbonyl (C=O) groups excluding carboxylic acids is 1. The molecular formula is C13H17FN2O. The van der Waals surface area contributed by atoms with E-state index in [1.54, 1.807) is 13.0 Å². The van der Waals surface area contributed by atoms with E-state index >= 15 is 0 Å². The van der Waals surface area contributed by atoms with Crippen LogP contribution in [-0.2, 0) is 4.79 Å². The van der Waals surface area contributed by atoms with Gasteiger partial charge in [0.2, 0.25) is 5.91 Å². The minimum atomic E-state index is -0.326. The van der Waals surface area contributed by atoms with Crippen LogP contribution in [0.15, 0.2) is 18.2 Å². The van der Waals surface area contributed by atoms with Gasteiger partial charge in [-0.25, -0.2) is 4.39 Å². The van der Waals surface area contributed by atoms with Gasteiger partial charge >= 0.3 is 0 Å². The third-order valence-electron chi connectivity index (χ3n) is 3.13. The van der Waals surface area contributed by atoms with Crippen molar-refractivity contribution < 1.29 is 9.18 Å². The Hall–Kier alpha value is -1.42. The first-order valence-electron chi connectivity index (χ1n) is 5.87. The number of carbonyl (C=O) groups is 1. The summed E-state index contributed by atoms with van der Waals surface area (Å²) in [7, 11) is 0. The van der Waals surface area contributed by atoms with E-state index in [0.29, 0.717) is 11.6 Å². The molecular weight excluding hydrogens is 219 g/mol. The Morgan fingerprint density at radius 1 is 1.47 bits per heavy atom. The van der Waals surface area contributed by atoms with Gasteiger partial charge in [0.25, 0.3) is 0 Å². The summed E-state index contributed by atoms with van der Waals surface area (Å²) in [6.07, 6.45) is 1.00. The summed E-state index contributed by atoms with van der Waals surface area (Å²) in [5.41, 5.74) is 1.32. The Kier molecular flexibility index (Phi) is 3.43. The Morgan fingerprint density at radius 3 is 2.82 bits per heavy atom. The van der Waals surface area contributed by atoms with Crippen LogP contribution in [0, 0.1) is 18.7 Å². The normalized spacial score (nSPS) is 23.7. The van der Waals surface area contributed by atoms with Crippen molar-refractivity contribution in [2.24, 2.45) is 5.92 Å². The molecule has 1 amide bonds. The van der Waals surface area contributed by atoms with Gasteiger partial charge in [-0.3, -0.25) is 4.79 Å². The lowest BCUT2D eigenvalue weighted by Gasteiger charge is -2.15. The molecule has 4 heteroatoms. The first-order chi connectivity index (χ1) is 8.06. The van der Waals surface area contributed by atoms with Crippen molar-refractivity contribution in [2.75, 3.05) is 11.9 Å². The number of benzene rings is 1. The second-order valence-electron chi connectivity index (χ2n) is 4.70. The summed E-state index contributed by atoms with van der Waals surface area (Å²) < 4.78 is 13.2. The summed E-state index contributed by atoms with van der Waals surface area (Å²) in [4.78, 5) is 12.0. The molecule has 2 N–H and O–H groups in total. The molecule has 2 rings (SSSR count). The first kappa shape index (κ1) is 12.0. The molecule has 0 saturated carbocycles. The molecule has 1 aliphatic heterocycles. The van der Waals surface area contributed by atoms with Gasteiger partial charge in [0.05, 0.1) is 6.04 Å². The lowest BCUT2D eigenvalue weighted by atomic mass is 10.0. The van der Waals surface area contributed by atoms with Gasteiger partial charge in [0, 0.05) is 5.69 Å². The zero-order chi connectivity index (χ0) is 12.4. The second kappa shape index (κ2) is 4.84. The zero-order valence-corrected chi connectivity index (χ0v) is 10.1. The number of rotatable bonds is 2. The maximum absolute atomic E-state index is 13.2. The molecule has 1 saturated heterocycles. The fraction of sp³-hybridized carbons (Fsp3) is 0.462. The van der Waals surface area contributed by atoms with Gasteiger partial charge in [-0.05, 0) is 49.6 Å². The molecule has 1 fully saturated rings. The predicted octanol–water partition coefficient (Wildman–Crippen LogP) is 2.07. The van der Waals surface area contributed by atoms with Crippen molar-refractivity contribution >= 4 is 11.6 Å². The van der Waals surface area contributed by atoms with Crippen LogP contribution in [0.4, 0.5) is 10.1 Å². The summed E-state index contributed by atoms with van der Waals surface area (Å²) in [6.45, 7) is 4.71. The molecule has 92 valence electrons. The van der Waals surface area contributed by atoms with E-state index in [-0.39, 0.29) is 17.8 Å². The minimum absolute atomic E-state index is 0.0833. The van der Waals surface area contributed by atoms with Gasteiger partial charge in [0.1, 0.15) is 5.82 Å². The molecule has 0 bridgehead atoms. The highest BCUT2D eigenvalue weighted by Crippen LogP contribution is 2.18. The highest BCUT2D eigenvalue weighted by Gasteiger charge is 2.29. The highest BCUT2D eigenvalue weighted by atomic mass is 19.1. The number of anilines is 1. The standard InChI is InChI=1S/C13H17FN2O/c1-8-5-10(14)7-11(6-8)16-13(17)12-9(2)3-4-15-12/h5-7,9,12,15H,3-4H2,1-2H3,(H,16,17). The van der Waals surface area contributed by atoms with Gasteiger partial charge in [0.15, 0.2) is 0 Å². The Labute approximate surface area is 100 Å². The van der Waals surface area contributed by atoms with E-state index in [9.17, 15) is 9.18 Å². The molecule has 1 aliphatic rings. The molecule has 1 aromatic rings. The maximum atomic E-state index is 13.2. The topological polar surface area (TPSA) is 41.1 Å². The number of aryl methyl sites for hydroxylation is 1. The number of nitrogens with one attached hydrogen (secondary N) is 2. The molecule has 3 nitrogen and oxygen atoms in total.